The van der Waals surface area contributed by atoms with Crippen molar-refractivity contribution >= 4 is 0 Å². The van der Waals surface area contributed by atoms with Gasteiger partial charge in [-0.1, -0.05) is 32.4 Å². The third-order valence-electron chi connectivity index (χ3n) is 2.91. The van der Waals surface area contributed by atoms with Crippen LogP contribution in [0.25, 0.3) is 0 Å². The molecule has 0 aromatic carbocycles. The van der Waals surface area contributed by atoms with Crippen molar-refractivity contribution < 1.29 is 10.2 Å². The Morgan fingerprint density at radius 1 is 1.46 bits per heavy atom. The first-order valence-electron chi connectivity index (χ1n) is 5.12. The quantitative estimate of drug-likeness (QED) is 0.641. The zero-order chi connectivity index (χ0) is 10.0. The van der Waals surface area contributed by atoms with E-state index in [0.717, 1.165) is 6.42 Å². The smallest absolute Gasteiger partial charge is 0.0867 e. The Morgan fingerprint density at radius 3 is 2.54 bits per heavy atom. The average Bonchev–Trinajstić information content (AvgIpc) is 2.09. The lowest BCUT2D eigenvalue weighted by atomic mass is 9.79. The Bertz CT molecular complexity index is 196. The third-order valence-corrected chi connectivity index (χ3v) is 2.91. The fraction of sp³-hybridized carbons (Fsp3) is 0.818. The summed E-state index contributed by atoms with van der Waals surface area (Å²) in [5.74, 6) is 0.519. The van der Waals surface area contributed by atoms with Gasteiger partial charge in [-0.2, -0.15) is 0 Å². The van der Waals surface area contributed by atoms with Gasteiger partial charge < -0.3 is 10.2 Å². The Labute approximate surface area is 80.3 Å². The Hall–Kier alpha value is -0.340. The zero-order valence-corrected chi connectivity index (χ0v) is 8.70. The van der Waals surface area contributed by atoms with Crippen LogP contribution in [0, 0.1) is 11.8 Å². The molecule has 0 heterocycles. The van der Waals surface area contributed by atoms with E-state index in [1.54, 1.807) is 0 Å². The first-order chi connectivity index (χ1) is 6.06. The molecule has 1 rings (SSSR count). The summed E-state index contributed by atoms with van der Waals surface area (Å²) in [4.78, 5) is 0. The van der Waals surface area contributed by atoms with Crippen LogP contribution in [0.2, 0.25) is 0 Å². The highest BCUT2D eigenvalue weighted by molar-refractivity contribution is 5.13. The molecule has 13 heavy (non-hydrogen) atoms. The molecule has 3 atom stereocenters. The minimum absolute atomic E-state index is 0.124. The Balaban J connectivity index is 2.79. The molecule has 0 saturated carbocycles. The number of hydrogen-bond acceptors (Lipinski definition) is 2. The molecule has 76 valence electrons. The fourth-order valence-corrected chi connectivity index (χ4v) is 1.93. The summed E-state index contributed by atoms with van der Waals surface area (Å²) in [7, 11) is 0. The molecule has 0 radical (unpaired) electrons. The summed E-state index contributed by atoms with van der Waals surface area (Å²) in [5, 5.41) is 19.3. The van der Waals surface area contributed by atoms with Gasteiger partial charge in [-0.3, -0.25) is 0 Å². The van der Waals surface area contributed by atoms with E-state index < -0.39 is 12.2 Å². The Kier molecular flexibility index (Phi) is 3.51. The standard InChI is InChI=1S/C11H20O2/c1-4-8-5-9(7(2)3)11(13)10(12)6-8/h5,7,9-13H,4,6H2,1-3H3. The lowest BCUT2D eigenvalue weighted by Crippen LogP contribution is -2.38. The van der Waals surface area contributed by atoms with E-state index >= 15 is 0 Å². The Morgan fingerprint density at radius 2 is 2.08 bits per heavy atom. The molecule has 0 spiro atoms. The van der Waals surface area contributed by atoms with E-state index in [-0.39, 0.29) is 5.92 Å². The van der Waals surface area contributed by atoms with Gasteiger partial charge in [-0.25, -0.2) is 0 Å². The van der Waals surface area contributed by atoms with Crippen molar-refractivity contribution in [3.05, 3.63) is 11.6 Å². The van der Waals surface area contributed by atoms with E-state index in [0.29, 0.717) is 12.3 Å². The molecule has 0 fully saturated rings. The van der Waals surface area contributed by atoms with Crippen molar-refractivity contribution in [2.75, 3.05) is 0 Å². The van der Waals surface area contributed by atoms with Crippen LogP contribution in [-0.2, 0) is 0 Å². The van der Waals surface area contributed by atoms with E-state index in [2.05, 4.69) is 26.8 Å². The molecule has 2 nitrogen and oxygen atoms in total. The van der Waals surface area contributed by atoms with Gasteiger partial charge in [0.05, 0.1) is 12.2 Å². The van der Waals surface area contributed by atoms with Gasteiger partial charge in [0, 0.05) is 5.92 Å². The number of hydrogen-bond donors (Lipinski definition) is 2. The van der Waals surface area contributed by atoms with Crippen LogP contribution in [0.3, 0.4) is 0 Å². The molecule has 2 N–H and O–H groups in total. The van der Waals surface area contributed by atoms with Crippen LogP contribution in [0.15, 0.2) is 11.6 Å². The minimum atomic E-state index is -0.574. The molecule has 0 saturated heterocycles. The maximum atomic E-state index is 9.73. The normalized spacial score (nSPS) is 34.9. The summed E-state index contributed by atoms with van der Waals surface area (Å²) in [6, 6.07) is 0. The highest BCUT2D eigenvalue weighted by Crippen LogP contribution is 2.30. The zero-order valence-electron chi connectivity index (χ0n) is 8.70. The molecule has 0 amide bonds. The molecule has 1 aliphatic carbocycles. The molecule has 2 heteroatoms. The predicted molar refractivity (Wildman–Crippen MR) is 53.3 cm³/mol. The molecular formula is C11H20O2. The van der Waals surface area contributed by atoms with Gasteiger partial charge in [0.1, 0.15) is 0 Å². The van der Waals surface area contributed by atoms with E-state index in [4.69, 9.17) is 0 Å². The average molecular weight is 184 g/mol. The maximum Gasteiger partial charge on any atom is 0.0867 e. The topological polar surface area (TPSA) is 40.5 Å². The van der Waals surface area contributed by atoms with E-state index in [1.165, 1.54) is 5.57 Å². The van der Waals surface area contributed by atoms with Crippen molar-refractivity contribution in [1.82, 2.24) is 0 Å². The third kappa shape index (κ3) is 2.32. The summed E-state index contributed by atoms with van der Waals surface area (Å²) in [6.45, 7) is 6.25. The van der Waals surface area contributed by atoms with Gasteiger partial charge in [0.25, 0.3) is 0 Å². The molecule has 0 aromatic heterocycles. The summed E-state index contributed by atoms with van der Waals surface area (Å²) < 4.78 is 0. The van der Waals surface area contributed by atoms with Crippen molar-refractivity contribution in [1.29, 1.82) is 0 Å². The van der Waals surface area contributed by atoms with Crippen LogP contribution in [-0.4, -0.2) is 22.4 Å². The SMILES string of the molecule is CCC1=CC(C(C)C)C(O)C(O)C1. The summed E-state index contributed by atoms with van der Waals surface area (Å²) in [6.07, 6.45) is 2.62. The maximum absolute atomic E-state index is 9.73. The summed E-state index contributed by atoms with van der Waals surface area (Å²) in [5.41, 5.74) is 1.27. The van der Waals surface area contributed by atoms with Gasteiger partial charge >= 0.3 is 0 Å². The molecule has 0 bridgehead atoms. The molecule has 0 aromatic rings. The van der Waals surface area contributed by atoms with Crippen LogP contribution in [0.5, 0.6) is 0 Å². The van der Waals surface area contributed by atoms with Crippen LogP contribution in [0.4, 0.5) is 0 Å². The van der Waals surface area contributed by atoms with Gasteiger partial charge in [0.2, 0.25) is 0 Å². The lowest BCUT2D eigenvalue weighted by molar-refractivity contribution is -0.0228. The second-order valence-electron chi connectivity index (χ2n) is 4.26. The largest absolute Gasteiger partial charge is 0.390 e. The van der Waals surface area contributed by atoms with Crippen molar-refractivity contribution in [3.8, 4) is 0 Å². The monoisotopic (exact) mass is 184 g/mol. The van der Waals surface area contributed by atoms with E-state index in [9.17, 15) is 10.2 Å². The number of rotatable bonds is 2. The molecule has 1 aliphatic rings. The molecular weight excluding hydrogens is 164 g/mol. The first kappa shape index (κ1) is 10.7. The number of aliphatic hydroxyl groups excluding tert-OH is 2. The van der Waals surface area contributed by atoms with Gasteiger partial charge in [-0.05, 0) is 18.8 Å². The number of aliphatic hydroxyl groups is 2. The second-order valence-corrected chi connectivity index (χ2v) is 4.26. The van der Waals surface area contributed by atoms with Crippen LogP contribution < -0.4 is 0 Å². The van der Waals surface area contributed by atoms with Gasteiger partial charge in [0.15, 0.2) is 0 Å². The first-order valence-corrected chi connectivity index (χ1v) is 5.12. The van der Waals surface area contributed by atoms with Gasteiger partial charge in [-0.15, -0.1) is 0 Å². The molecule has 3 unspecified atom stereocenters. The van der Waals surface area contributed by atoms with E-state index in [1.807, 2.05) is 0 Å². The lowest BCUT2D eigenvalue weighted by Gasteiger charge is -2.33. The fourth-order valence-electron chi connectivity index (χ4n) is 1.93. The predicted octanol–water partition coefficient (Wildman–Crippen LogP) is 1.72. The minimum Gasteiger partial charge on any atom is -0.390 e. The molecule has 0 aliphatic heterocycles. The van der Waals surface area contributed by atoms with Crippen LogP contribution >= 0.6 is 0 Å². The van der Waals surface area contributed by atoms with Crippen LogP contribution in [0.1, 0.15) is 33.6 Å². The summed E-state index contributed by atoms with van der Waals surface area (Å²) >= 11 is 0. The second kappa shape index (κ2) is 4.25. The van der Waals surface area contributed by atoms with Crippen molar-refractivity contribution in [2.45, 2.75) is 45.8 Å². The van der Waals surface area contributed by atoms with Crippen molar-refractivity contribution in [3.63, 3.8) is 0 Å². The van der Waals surface area contributed by atoms with Crippen molar-refractivity contribution in [2.24, 2.45) is 11.8 Å². The highest BCUT2D eigenvalue weighted by atomic mass is 16.3. The highest BCUT2D eigenvalue weighted by Gasteiger charge is 2.31.